The summed E-state index contributed by atoms with van der Waals surface area (Å²) >= 11 is 0.225. The highest BCUT2D eigenvalue weighted by Crippen LogP contribution is 2.35. The molecule has 0 fully saturated rings. The molecule has 1 amide bonds. The molecule has 0 saturated carbocycles. The molecule has 1 aromatic carbocycles. The van der Waals surface area contributed by atoms with Gasteiger partial charge in [0.25, 0.3) is 5.91 Å². The summed E-state index contributed by atoms with van der Waals surface area (Å²) < 4.78 is 46.0. The van der Waals surface area contributed by atoms with Crippen LogP contribution in [0.25, 0.3) is 11.8 Å². The minimum atomic E-state index is -4.68. The highest BCUT2D eigenvalue weighted by Gasteiger charge is 2.46. The molecule has 2 aliphatic rings. The smallest absolute Gasteiger partial charge is 0.441 e. The summed E-state index contributed by atoms with van der Waals surface area (Å²) in [5.74, 6) is -0.515. The van der Waals surface area contributed by atoms with E-state index in [2.05, 4.69) is 10.1 Å². The fourth-order valence-corrected chi connectivity index (χ4v) is 4.08. The van der Waals surface area contributed by atoms with Crippen LogP contribution in [0.3, 0.4) is 0 Å². The summed E-state index contributed by atoms with van der Waals surface area (Å²) in [6.07, 6.45) is -3.22. The predicted octanol–water partition coefficient (Wildman–Crippen LogP) is 4.28. The molecule has 3 heterocycles. The van der Waals surface area contributed by atoms with Gasteiger partial charge >= 0.3 is 6.18 Å². The Balaban J connectivity index is 1.72. The van der Waals surface area contributed by atoms with Crippen LogP contribution in [-0.4, -0.2) is 44.8 Å². The molecule has 0 atom stereocenters. The Labute approximate surface area is 179 Å². The highest BCUT2D eigenvalue weighted by molar-refractivity contribution is 8.27. The molecule has 0 spiro atoms. The zero-order valence-electron chi connectivity index (χ0n) is 16.6. The number of halogens is 3. The van der Waals surface area contributed by atoms with Gasteiger partial charge < -0.3 is 9.30 Å². The van der Waals surface area contributed by atoms with Gasteiger partial charge in [-0.1, -0.05) is 0 Å². The molecule has 31 heavy (non-hydrogen) atoms. The van der Waals surface area contributed by atoms with Crippen LogP contribution < -0.4 is 4.74 Å². The minimum Gasteiger partial charge on any atom is -0.497 e. The van der Waals surface area contributed by atoms with Crippen LogP contribution in [0.5, 0.6) is 5.75 Å². The van der Waals surface area contributed by atoms with Crippen molar-refractivity contribution in [2.45, 2.75) is 20.0 Å². The van der Waals surface area contributed by atoms with Crippen LogP contribution in [0.15, 0.2) is 46.0 Å². The maximum absolute atomic E-state index is 13.0. The van der Waals surface area contributed by atoms with Crippen LogP contribution in [0.1, 0.15) is 17.0 Å². The Morgan fingerprint density at radius 3 is 2.48 bits per heavy atom. The largest absolute Gasteiger partial charge is 0.497 e. The second kappa shape index (κ2) is 7.41. The number of aryl methyl sites for hydroxylation is 1. The Morgan fingerprint density at radius 2 is 1.87 bits per heavy atom. The Kier molecular flexibility index (Phi) is 5.00. The molecule has 4 rings (SSSR count). The maximum atomic E-state index is 13.0. The number of hydrazone groups is 1. The first-order valence-corrected chi connectivity index (χ1v) is 9.82. The lowest BCUT2D eigenvalue weighted by Crippen LogP contribution is -2.35. The van der Waals surface area contributed by atoms with Crippen LogP contribution in [0, 0.1) is 19.3 Å². The number of aromatic nitrogens is 1. The van der Waals surface area contributed by atoms with Crippen molar-refractivity contribution < 1.29 is 22.7 Å². The highest BCUT2D eigenvalue weighted by atomic mass is 32.2. The molecule has 1 N–H and O–H groups in total. The van der Waals surface area contributed by atoms with Gasteiger partial charge in [0.05, 0.1) is 12.7 Å². The van der Waals surface area contributed by atoms with E-state index in [9.17, 15) is 18.0 Å². The number of aliphatic imine (C=N–C) groups is 1. The second-order valence-electron chi connectivity index (χ2n) is 6.78. The monoisotopic (exact) mass is 447 g/mol. The van der Waals surface area contributed by atoms with E-state index >= 15 is 0 Å². The van der Waals surface area contributed by atoms with Gasteiger partial charge in [-0.2, -0.15) is 28.3 Å². The number of ether oxygens (including phenoxy) is 1. The van der Waals surface area contributed by atoms with Gasteiger partial charge in [-0.15, -0.1) is 0 Å². The van der Waals surface area contributed by atoms with Crippen molar-refractivity contribution in [2.75, 3.05) is 7.11 Å². The molecule has 0 radical (unpaired) electrons. The van der Waals surface area contributed by atoms with Gasteiger partial charge in [-0.25, -0.2) is 0 Å². The van der Waals surface area contributed by atoms with Gasteiger partial charge in [0.2, 0.25) is 10.2 Å². The fraction of sp³-hybridized carbons (Fsp3) is 0.200. The lowest BCUT2D eigenvalue weighted by atomic mass is 10.1. The number of rotatable bonds is 3. The molecule has 2 aromatic rings. The average Bonchev–Trinajstić information content (AvgIpc) is 3.26. The number of methoxy groups -OCH3 is 1. The van der Waals surface area contributed by atoms with E-state index in [1.54, 1.807) is 7.11 Å². The number of amides is 1. The maximum Gasteiger partial charge on any atom is 0.441 e. The first-order valence-electron chi connectivity index (χ1n) is 9.01. The van der Waals surface area contributed by atoms with Crippen LogP contribution >= 0.6 is 11.8 Å². The summed E-state index contributed by atoms with van der Waals surface area (Å²) in [7, 11) is 1.58. The van der Waals surface area contributed by atoms with Gasteiger partial charge in [-0.3, -0.25) is 10.2 Å². The number of benzene rings is 1. The van der Waals surface area contributed by atoms with Gasteiger partial charge in [0.1, 0.15) is 5.75 Å². The topological polar surface area (TPSA) is 83.0 Å². The van der Waals surface area contributed by atoms with E-state index in [1.807, 2.05) is 48.7 Å². The normalized spacial score (nSPS) is 17.7. The minimum absolute atomic E-state index is 0.133. The second-order valence-corrected chi connectivity index (χ2v) is 7.74. The van der Waals surface area contributed by atoms with E-state index in [0.717, 1.165) is 22.1 Å². The average molecular weight is 447 g/mol. The molecule has 1 aromatic heterocycles. The van der Waals surface area contributed by atoms with E-state index in [1.165, 1.54) is 6.08 Å². The molecule has 2 aliphatic heterocycles. The van der Waals surface area contributed by atoms with Gasteiger partial charge in [0, 0.05) is 17.1 Å². The number of amidine groups is 2. The molecule has 11 heteroatoms. The summed E-state index contributed by atoms with van der Waals surface area (Å²) in [4.78, 5) is 16.2. The van der Waals surface area contributed by atoms with E-state index in [4.69, 9.17) is 10.1 Å². The number of hydrogen-bond donors (Lipinski definition) is 1. The molecule has 7 nitrogen and oxygen atoms in total. The standard InChI is InChI=1S/C20H16F3N5O2S/c1-10-8-12(11(2)27(10)13-4-6-14(30-3)7-5-13)9-15-16(24)28-19(25-17(15)29)31-18(26-28)20(21,22)23/h4-9,24H,1-3H3/b15-9-,24-16?. The quantitative estimate of drug-likeness (QED) is 0.712. The van der Waals surface area contributed by atoms with Crippen molar-refractivity contribution in [1.82, 2.24) is 9.58 Å². The van der Waals surface area contributed by atoms with Crippen LogP contribution in [0.2, 0.25) is 0 Å². The number of hydrogen-bond acceptors (Lipinski definition) is 5. The molecule has 160 valence electrons. The van der Waals surface area contributed by atoms with E-state index < -0.39 is 23.0 Å². The first kappa shape index (κ1) is 20.9. The van der Waals surface area contributed by atoms with Crippen molar-refractivity contribution in [3.8, 4) is 11.4 Å². The van der Waals surface area contributed by atoms with Crippen molar-refractivity contribution in [1.29, 1.82) is 5.41 Å². The Morgan fingerprint density at radius 1 is 1.19 bits per heavy atom. The van der Waals surface area contributed by atoms with Crippen LogP contribution in [0.4, 0.5) is 13.2 Å². The number of fused-ring (bicyclic) bond motifs is 1. The third kappa shape index (κ3) is 3.65. The predicted molar refractivity (Wildman–Crippen MR) is 113 cm³/mol. The number of nitrogens with zero attached hydrogens (tertiary/aromatic N) is 4. The first-order chi connectivity index (χ1) is 14.6. The summed E-state index contributed by atoms with van der Waals surface area (Å²) in [6.45, 7) is 3.74. The summed E-state index contributed by atoms with van der Waals surface area (Å²) in [6, 6.07) is 9.24. The SMILES string of the molecule is COc1ccc(-n2c(C)cc(/C=C3/C(=N)N4N=C(C(F)(F)F)SC4=NC3=O)c2C)cc1. The van der Waals surface area contributed by atoms with E-state index in [-0.39, 0.29) is 22.5 Å². The molecule has 0 saturated heterocycles. The Bertz CT molecular complexity index is 1190. The molecule has 0 bridgehead atoms. The number of alkyl halides is 3. The summed E-state index contributed by atoms with van der Waals surface area (Å²) in [5, 5.41) is 11.0. The van der Waals surface area contributed by atoms with Gasteiger partial charge in [0.15, 0.2) is 5.84 Å². The van der Waals surface area contributed by atoms with Gasteiger partial charge in [-0.05, 0) is 67.6 Å². The molecular formula is C20H16F3N5O2S. The van der Waals surface area contributed by atoms with Crippen molar-refractivity contribution in [2.24, 2.45) is 10.1 Å². The fourth-order valence-electron chi connectivity index (χ4n) is 3.32. The van der Waals surface area contributed by atoms with E-state index in [0.29, 0.717) is 11.3 Å². The number of carbonyl (C=O) groups excluding carboxylic acids is 1. The molecule has 0 unspecified atom stereocenters. The van der Waals surface area contributed by atoms with Crippen molar-refractivity contribution in [3.63, 3.8) is 0 Å². The van der Waals surface area contributed by atoms with Crippen molar-refractivity contribution in [3.05, 3.63) is 52.9 Å². The zero-order chi connectivity index (χ0) is 22.5. The third-order valence-electron chi connectivity index (χ3n) is 4.80. The molecular weight excluding hydrogens is 431 g/mol. The zero-order valence-corrected chi connectivity index (χ0v) is 17.4. The lowest BCUT2D eigenvalue weighted by Gasteiger charge is -2.20. The number of carbonyl (C=O) groups is 1. The summed E-state index contributed by atoms with van der Waals surface area (Å²) in [5.41, 5.74) is 3.06. The van der Waals surface area contributed by atoms with Crippen LogP contribution in [-0.2, 0) is 4.79 Å². The third-order valence-corrected chi connectivity index (χ3v) is 5.75. The number of thioether (sulfide) groups is 1. The Hall–Kier alpha value is -3.34. The van der Waals surface area contributed by atoms with Crippen molar-refractivity contribution >= 4 is 39.8 Å². The number of nitrogens with one attached hydrogen (secondary N) is 1. The lowest BCUT2D eigenvalue weighted by molar-refractivity contribution is -0.114. The molecule has 0 aliphatic carbocycles.